The van der Waals surface area contributed by atoms with Crippen LogP contribution < -0.4 is 10.6 Å². The van der Waals surface area contributed by atoms with Crippen LogP contribution in [0.4, 0.5) is 23.7 Å². The summed E-state index contributed by atoms with van der Waals surface area (Å²) in [4.78, 5) is 16.1. The number of nitrogens with zero attached hydrogens (tertiary/aromatic N) is 2. The zero-order chi connectivity index (χ0) is 19.3. The van der Waals surface area contributed by atoms with Crippen molar-refractivity contribution >= 4 is 11.7 Å². The van der Waals surface area contributed by atoms with E-state index in [0.29, 0.717) is 6.54 Å². The molecule has 0 spiro atoms. The number of halogens is 3. The van der Waals surface area contributed by atoms with E-state index in [0.717, 1.165) is 23.3 Å². The van der Waals surface area contributed by atoms with Gasteiger partial charge in [0, 0.05) is 31.2 Å². The van der Waals surface area contributed by atoms with Gasteiger partial charge in [0.2, 0.25) is 0 Å². The lowest BCUT2D eigenvalue weighted by Crippen LogP contribution is -2.28. The van der Waals surface area contributed by atoms with E-state index < -0.39 is 17.8 Å². The molecule has 3 rings (SSSR count). The molecule has 0 saturated carbocycles. The summed E-state index contributed by atoms with van der Waals surface area (Å²) < 4.78 is 40.1. The van der Waals surface area contributed by atoms with Gasteiger partial charge in [0.25, 0.3) is 0 Å². The van der Waals surface area contributed by atoms with Crippen molar-refractivity contribution in [3.05, 3.63) is 83.9 Å². The Labute approximate surface area is 153 Å². The second-order valence-corrected chi connectivity index (χ2v) is 5.89. The summed E-state index contributed by atoms with van der Waals surface area (Å²) in [5.74, 6) is 0. The molecule has 2 aromatic carbocycles. The first-order valence-electron chi connectivity index (χ1n) is 8.16. The molecule has 140 valence electrons. The molecule has 1 heterocycles. The molecular formula is C19H17F3N4O. The molecular weight excluding hydrogens is 357 g/mol. The molecule has 0 aliphatic heterocycles. The molecule has 0 atom stereocenters. The van der Waals surface area contributed by atoms with Crippen LogP contribution in [0.3, 0.4) is 0 Å². The third kappa shape index (κ3) is 5.10. The summed E-state index contributed by atoms with van der Waals surface area (Å²) >= 11 is 0. The molecule has 27 heavy (non-hydrogen) atoms. The van der Waals surface area contributed by atoms with Crippen LogP contribution in [0.5, 0.6) is 0 Å². The maximum absolute atomic E-state index is 12.7. The summed E-state index contributed by atoms with van der Waals surface area (Å²) in [7, 11) is 0. The van der Waals surface area contributed by atoms with Crippen molar-refractivity contribution in [2.24, 2.45) is 0 Å². The predicted molar refractivity (Wildman–Crippen MR) is 95.1 cm³/mol. The van der Waals surface area contributed by atoms with Crippen molar-refractivity contribution in [1.29, 1.82) is 0 Å². The normalized spacial score (nSPS) is 11.2. The number of nitrogens with one attached hydrogen (secondary N) is 2. The smallest absolute Gasteiger partial charge is 0.334 e. The van der Waals surface area contributed by atoms with Gasteiger partial charge in [0.1, 0.15) is 0 Å². The number of aromatic nitrogens is 2. The molecule has 0 bridgehead atoms. The number of imidazole rings is 1. The largest absolute Gasteiger partial charge is 0.416 e. The second kappa shape index (κ2) is 7.94. The van der Waals surface area contributed by atoms with Crippen molar-refractivity contribution in [2.75, 3.05) is 5.32 Å². The SMILES string of the molecule is O=C(NCc1ccccc1Cn1ccnc1)Nc1cccc(C(F)(F)F)c1. The Hall–Kier alpha value is -3.29. The van der Waals surface area contributed by atoms with Crippen molar-refractivity contribution in [3.8, 4) is 0 Å². The first kappa shape index (κ1) is 18.5. The van der Waals surface area contributed by atoms with Gasteiger partial charge in [-0.2, -0.15) is 13.2 Å². The number of hydrogen-bond donors (Lipinski definition) is 2. The Balaban J connectivity index is 1.62. The van der Waals surface area contributed by atoms with Gasteiger partial charge in [0.15, 0.2) is 0 Å². The molecule has 8 heteroatoms. The van der Waals surface area contributed by atoms with Crippen LogP contribution >= 0.6 is 0 Å². The van der Waals surface area contributed by atoms with Gasteiger partial charge in [-0.1, -0.05) is 30.3 Å². The molecule has 5 nitrogen and oxygen atoms in total. The van der Waals surface area contributed by atoms with Gasteiger partial charge >= 0.3 is 12.2 Å². The Morgan fingerprint density at radius 1 is 1.07 bits per heavy atom. The summed E-state index contributed by atoms with van der Waals surface area (Å²) in [5.41, 5.74) is 1.18. The first-order chi connectivity index (χ1) is 12.9. The Bertz CT molecular complexity index is 907. The van der Waals surface area contributed by atoms with Crippen LogP contribution in [-0.4, -0.2) is 15.6 Å². The van der Waals surface area contributed by atoms with E-state index in [4.69, 9.17) is 0 Å². The van der Waals surface area contributed by atoms with E-state index >= 15 is 0 Å². The first-order valence-corrected chi connectivity index (χ1v) is 8.16. The van der Waals surface area contributed by atoms with Gasteiger partial charge in [0.05, 0.1) is 11.9 Å². The average molecular weight is 374 g/mol. The number of carbonyl (C=O) groups is 1. The molecule has 2 N–H and O–H groups in total. The van der Waals surface area contributed by atoms with E-state index in [1.54, 1.807) is 12.5 Å². The van der Waals surface area contributed by atoms with Crippen LogP contribution in [0.25, 0.3) is 0 Å². The molecule has 0 radical (unpaired) electrons. The molecule has 0 unspecified atom stereocenters. The van der Waals surface area contributed by atoms with Crippen LogP contribution in [0.15, 0.2) is 67.3 Å². The number of alkyl halides is 3. The zero-order valence-electron chi connectivity index (χ0n) is 14.2. The number of hydrogen-bond acceptors (Lipinski definition) is 2. The van der Waals surface area contributed by atoms with Crippen LogP contribution in [0.1, 0.15) is 16.7 Å². The lowest BCUT2D eigenvalue weighted by molar-refractivity contribution is -0.137. The topological polar surface area (TPSA) is 59.0 Å². The number of rotatable bonds is 5. The van der Waals surface area contributed by atoms with Gasteiger partial charge in [-0.05, 0) is 29.3 Å². The summed E-state index contributed by atoms with van der Waals surface area (Å²) in [6, 6.07) is 11.5. The van der Waals surface area contributed by atoms with Gasteiger partial charge in [-0.3, -0.25) is 0 Å². The fourth-order valence-corrected chi connectivity index (χ4v) is 2.59. The number of carbonyl (C=O) groups excluding carboxylic acids is 1. The van der Waals surface area contributed by atoms with E-state index in [1.807, 2.05) is 35.0 Å². The van der Waals surface area contributed by atoms with E-state index in [1.165, 1.54) is 12.1 Å². The third-order valence-electron chi connectivity index (χ3n) is 3.92. The summed E-state index contributed by atoms with van der Waals surface area (Å²) in [5, 5.41) is 5.09. The highest BCUT2D eigenvalue weighted by molar-refractivity contribution is 5.89. The monoisotopic (exact) mass is 374 g/mol. The zero-order valence-corrected chi connectivity index (χ0v) is 14.2. The minimum Gasteiger partial charge on any atom is -0.334 e. The highest BCUT2D eigenvalue weighted by Gasteiger charge is 2.30. The number of anilines is 1. The number of amides is 2. The fraction of sp³-hybridized carbons (Fsp3) is 0.158. The molecule has 0 saturated heterocycles. The number of benzene rings is 2. The Morgan fingerprint density at radius 3 is 2.56 bits per heavy atom. The second-order valence-electron chi connectivity index (χ2n) is 5.89. The van der Waals surface area contributed by atoms with Crippen molar-refractivity contribution in [2.45, 2.75) is 19.3 Å². The summed E-state index contributed by atoms with van der Waals surface area (Å²) in [6.07, 6.45) is 0.763. The van der Waals surface area contributed by atoms with Crippen molar-refractivity contribution < 1.29 is 18.0 Å². The van der Waals surface area contributed by atoms with Crippen LogP contribution in [0.2, 0.25) is 0 Å². The van der Waals surface area contributed by atoms with Gasteiger partial charge in [-0.15, -0.1) is 0 Å². The molecule has 3 aromatic rings. The van der Waals surface area contributed by atoms with E-state index in [2.05, 4.69) is 15.6 Å². The fourth-order valence-electron chi connectivity index (χ4n) is 2.59. The van der Waals surface area contributed by atoms with E-state index in [-0.39, 0.29) is 12.2 Å². The highest BCUT2D eigenvalue weighted by Crippen LogP contribution is 2.30. The lowest BCUT2D eigenvalue weighted by atomic mass is 10.1. The van der Waals surface area contributed by atoms with Crippen molar-refractivity contribution in [3.63, 3.8) is 0 Å². The van der Waals surface area contributed by atoms with Crippen LogP contribution in [0, 0.1) is 0 Å². The molecule has 0 fully saturated rings. The number of urea groups is 1. The lowest BCUT2D eigenvalue weighted by Gasteiger charge is -2.13. The van der Waals surface area contributed by atoms with E-state index in [9.17, 15) is 18.0 Å². The molecule has 0 aliphatic carbocycles. The van der Waals surface area contributed by atoms with Crippen molar-refractivity contribution in [1.82, 2.24) is 14.9 Å². The third-order valence-corrected chi connectivity index (χ3v) is 3.92. The maximum atomic E-state index is 12.7. The minimum atomic E-state index is -4.46. The Morgan fingerprint density at radius 2 is 1.85 bits per heavy atom. The highest BCUT2D eigenvalue weighted by atomic mass is 19.4. The quantitative estimate of drug-likeness (QED) is 0.701. The maximum Gasteiger partial charge on any atom is 0.416 e. The minimum absolute atomic E-state index is 0.0778. The predicted octanol–water partition coefficient (Wildman–Crippen LogP) is 4.27. The van der Waals surface area contributed by atoms with Gasteiger partial charge < -0.3 is 15.2 Å². The molecule has 0 aliphatic rings. The standard InChI is InChI=1S/C19H17F3N4O/c20-19(21,22)16-6-3-7-17(10-16)25-18(27)24-11-14-4-1-2-5-15(14)12-26-9-8-23-13-26/h1-10,13H,11-12H2,(H2,24,25,27). The molecule has 1 aromatic heterocycles. The average Bonchev–Trinajstić information content (AvgIpc) is 3.14. The van der Waals surface area contributed by atoms with Crippen LogP contribution in [-0.2, 0) is 19.3 Å². The molecule has 2 amide bonds. The summed E-state index contributed by atoms with van der Waals surface area (Å²) in [6.45, 7) is 0.850. The van der Waals surface area contributed by atoms with Gasteiger partial charge in [-0.25, -0.2) is 9.78 Å². The Kier molecular flexibility index (Phi) is 5.44.